The SMILES string of the molecule is O=C(Nc1ccc(S(=O)(=O)Nc2ccc(Cl)c(C(F)(F)F)c2)cc1)C1CCCN(S(=O)(=O)Cc2ccc(Cl)cc2Cl)C1. The monoisotopic (exact) mass is 683 g/mol. The Morgan fingerprint density at radius 3 is 2.21 bits per heavy atom. The maximum Gasteiger partial charge on any atom is 0.417 e. The highest BCUT2D eigenvalue weighted by Crippen LogP contribution is 2.36. The van der Waals surface area contributed by atoms with Crippen LogP contribution >= 0.6 is 34.8 Å². The number of alkyl halides is 3. The number of anilines is 2. The van der Waals surface area contributed by atoms with E-state index in [0.717, 1.165) is 12.1 Å². The van der Waals surface area contributed by atoms with Gasteiger partial charge in [0.15, 0.2) is 0 Å². The van der Waals surface area contributed by atoms with Crippen LogP contribution in [0.2, 0.25) is 15.1 Å². The molecule has 2 N–H and O–H groups in total. The fourth-order valence-electron chi connectivity index (χ4n) is 4.32. The topological polar surface area (TPSA) is 113 Å². The van der Waals surface area contributed by atoms with Crippen LogP contribution in [0.15, 0.2) is 65.6 Å². The standard InChI is InChI=1S/C26H23Cl3F3N3O5S2/c27-18-4-3-17(24(29)12-18)15-41(37,38)35-11-1-2-16(14-35)25(36)33-19-5-8-21(9-6-19)42(39,40)34-20-7-10-23(28)22(13-20)26(30,31)32/h3-10,12-13,16,34H,1-2,11,14-15H2,(H,33,36). The summed E-state index contributed by atoms with van der Waals surface area (Å²) >= 11 is 17.6. The summed E-state index contributed by atoms with van der Waals surface area (Å²) in [4.78, 5) is 12.7. The quantitative estimate of drug-likeness (QED) is 0.276. The zero-order chi connectivity index (χ0) is 30.9. The summed E-state index contributed by atoms with van der Waals surface area (Å²) in [7, 11) is -8.06. The first kappa shape index (κ1) is 32.4. The first-order valence-electron chi connectivity index (χ1n) is 12.3. The maximum absolute atomic E-state index is 13.1. The third-order valence-corrected chi connectivity index (χ3v) is 10.6. The van der Waals surface area contributed by atoms with Gasteiger partial charge in [-0.1, -0.05) is 40.9 Å². The summed E-state index contributed by atoms with van der Waals surface area (Å²) in [6.07, 6.45) is -3.88. The van der Waals surface area contributed by atoms with Crippen LogP contribution in [0, 0.1) is 5.92 Å². The zero-order valence-electron chi connectivity index (χ0n) is 21.5. The van der Waals surface area contributed by atoms with Crippen molar-refractivity contribution >= 4 is 72.1 Å². The van der Waals surface area contributed by atoms with Crippen LogP contribution in [0.5, 0.6) is 0 Å². The summed E-state index contributed by atoms with van der Waals surface area (Å²) in [5.74, 6) is -1.46. The molecule has 0 radical (unpaired) electrons. The number of rotatable bonds is 8. The number of piperidine rings is 1. The molecule has 0 saturated carbocycles. The number of carbonyl (C=O) groups is 1. The van der Waals surface area contributed by atoms with Crippen molar-refractivity contribution in [2.75, 3.05) is 23.1 Å². The molecule has 0 aromatic heterocycles. The summed E-state index contributed by atoms with van der Waals surface area (Å²) in [5.41, 5.74) is -0.892. The minimum atomic E-state index is -4.78. The Labute approximate surface area is 255 Å². The molecule has 1 aliphatic rings. The molecule has 3 aromatic rings. The van der Waals surface area contributed by atoms with Crippen LogP contribution < -0.4 is 10.0 Å². The van der Waals surface area contributed by atoms with E-state index in [4.69, 9.17) is 34.8 Å². The van der Waals surface area contributed by atoms with E-state index in [9.17, 15) is 34.8 Å². The van der Waals surface area contributed by atoms with Gasteiger partial charge in [-0.15, -0.1) is 0 Å². The molecule has 1 heterocycles. The molecular formula is C26H23Cl3F3N3O5S2. The fourth-order valence-corrected chi connectivity index (χ4v) is 7.79. The molecule has 4 rings (SSSR count). The lowest BCUT2D eigenvalue weighted by Gasteiger charge is -2.31. The van der Waals surface area contributed by atoms with Crippen molar-refractivity contribution in [2.45, 2.75) is 29.7 Å². The molecule has 42 heavy (non-hydrogen) atoms. The molecule has 16 heteroatoms. The van der Waals surface area contributed by atoms with E-state index < -0.39 is 48.6 Å². The Hall–Kier alpha value is -2.55. The average Bonchev–Trinajstić information content (AvgIpc) is 2.91. The number of amides is 1. The predicted molar refractivity (Wildman–Crippen MR) is 156 cm³/mol. The molecule has 1 amide bonds. The van der Waals surface area contributed by atoms with Gasteiger partial charge in [-0.2, -0.15) is 13.2 Å². The second kappa shape index (κ2) is 12.6. The number of halogens is 6. The summed E-state index contributed by atoms with van der Waals surface area (Å²) < 4.78 is 94.3. The van der Waals surface area contributed by atoms with E-state index in [-0.39, 0.29) is 40.1 Å². The largest absolute Gasteiger partial charge is 0.417 e. The van der Waals surface area contributed by atoms with Gasteiger partial charge < -0.3 is 5.32 Å². The van der Waals surface area contributed by atoms with Gasteiger partial charge in [0.1, 0.15) is 0 Å². The first-order chi connectivity index (χ1) is 19.5. The minimum absolute atomic E-state index is 0.0449. The second-order valence-corrected chi connectivity index (χ2v) is 14.4. The smallest absolute Gasteiger partial charge is 0.326 e. The number of hydrogen-bond donors (Lipinski definition) is 2. The number of nitrogens with zero attached hydrogens (tertiary/aromatic N) is 1. The number of hydrogen-bond acceptors (Lipinski definition) is 5. The minimum Gasteiger partial charge on any atom is -0.326 e. The third-order valence-electron chi connectivity index (χ3n) is 6.46. The lowest BCUT2D eigenvalue weighted by Crippen LogP contribution is -2.44. The molecular weight excluding hydrogens is 662 g/mol. The van der Waals surface area contributed by atoms with Crippen molar-refractivity contribution in [3.8, 4) is 0 Å². The van der Waals surface area contributed by atoms with Crippen molar-refractivity contribution in [1.29, 1.82) is 0 Å². The lowest BCUT2D eigenvalue weighted by molar-refractivity contribution is -0.137. The fraction of sp³-hybridized carbons (Fsp3) is 0.269. The maximum atomic E-state index is 13.1. The molecule has 226 valence electrons. The van der Waals surface area contributed by atoms with E-state index >= 15 is 0 Å². The highest BCUT2D eigenvalue weighted by atomic mass is 35.5. The van der Waals surface area contributed by atoms with E-state index in [0.29, 0.717) is 29.5 Å². The van der Waals surface area contributed by atoms with Crippen molar-refractivity contribution in [1.82, 2.24) is 4.31 Å². The van der Waals surface area contributed by atoms with Gasteiger partial charge in [0.25, 0.3) is 10.0 Å². The molecule has 1 atom stereocenters. The van der Waals surface area contributed by atoms with E-state index in [2.05, 4.69) is 10.0 Å². The normalized spacial score (nSPS) is 16.7. The van der Waals surface area contributed by atoms with Gasteiger partial charge in [-0.05, 0) is 73.0 Å². The Kier molecular flexibility index (Phi) is 9.70. The molecule has 8 nitrogen and oxygen atoms in total. The Morgan fingerprint density at radius 1 is 0.905 bits per heavy atom. The molecule has 0 spiro atoms. The van der Waals surface area contributed by atoms with Crippen molar-refractivity contribution < 1.29 is 34.8 Å². The predicted octanol–water partition coefficient (Wildman–Crippen LogP) is 6.65. The number of nitrogens with one attached hydrogen (secondary N) is 2. The van der Waals surface area contributed by atoms with Crippen molar-refractivity contribution in [3.05, 3.63) is 86.9 Å². The molecule has 0 bridgehead atoms. The van der Waals surface area contributed by atoms with E-state index in [1.165, 1.54) is 40.7 Å². The molecule has 0 aliphatic carbocycles. The van der Waals surface area contributed by atoms with Crippen LogP contribution in [0.3, 0.4) is 0 Å². The van der Waals surface area contributed by atoms with Gasteiger partial charge in [0.2, 0.25) is 15.9 Å². The Morgan fingerprint density at radius 2 is 1.57 bits per heavy atom. The molecule has 1 unspecified atom stereocenters. The summed E-state index contributed by atoms with van der Waals surface area (Å²) in [5, 5.41) is 2.68. The van der Waals surface area contributed by atoms with Crippen LogP contribution in [-0.4, -0.2) is 40.1 Å². The molecule has 1 fully saturated rings. The van der Waals surface area contributed by atoms with Crippen LogP contribution in [0.1, 0.15) is 24.0 Å². The molecule has 1 aliphatic heterocycles. The second-order valence-electron chi connectivity index (χ2n) is 9.50. The van der Waals surface area contributed by atoms with Gasteiger partial charge in [0.05, 0.1) is 27.2 Å². The Bertz CT molecular complexity index is 1700. The Balaban J connectivity index is 1.40. The van der Waals surface area contributed by atoms with Gasteiger partial charge in [0, 0.05) is 34.5 Å². The summed E-state index contributed by atoms with van der Waals surface area (Å²) in [6, 6.07) is 12.1. The average molecular weight is 685 g/mol. The first-order valence-corrected chi connectivity index (χ1v) is 16.5. The number of sulfonamides is 2. The highest BCUT2D eigenvalue weighted by molar-refractivity contribution is 7.92. The zero-order valence-corrected chi connectivity index (χ0v) is 25.4. The molecule has 1 saturated heterocycles. The van der Waals surface area contributed by atoms with Gasteiger partial charge in [-0.3, -0.25) is 9.52 Å². The van der Waals surface area contributed by atoms with Crippen molar-refractivity contribution in [3.63, 3.8) is 0 Å². The van der Waals surface area contributed by atoms with Crippen LogP contribution in [-0.2, 0) is 36.8 Å². The van der Waals surface area contributed by atoms with Crippen LogP contribution in [0.25, 0.3) is 0 Å². The number of carbonyl (C=O) groups excluding carboxylic acids is 1. The van der Waals surface area contributed by atoms with E-state index in [1.807, 2.05) is 0 Å². The van der Waals surface area contributed by atoms with Gasteiger partial charge >= 0.3 is 6.18 Å². The lowest BCUT2D eigenvalue weighted by atomic mass is 9.99. The number of benzene rings is 3. The third kappa shape index (κ3) is 7.88. The van der Waals surface area contributed by atoms with Crippen molar-refractivity contribution in [2.24, 2.45) is 5.92 Å². The van der Waals surface area contributed by atoms with E-state index in [1.54, 1.807) is 6.07 Å². The van der Waals surface area contributed by atoms with Crippen LogP contribution in [0.4, 0.5) is 24.5 Å². The van der Waals surface area contributed by atoms with Gasteiger partial charge in [-0.25, -0.2) is 21.1 Å². The highest BCUT2D eigenvalue weighted by Gasteiger charge is 2.34. The summed E-state index contributed by atoms with van der Waals surface area (Å²) in [6.45, 7) is 0.200. The molecule has 3 aromatic carbocycles.